The second kappa shape index (κ2) is 9.83. The predicted octanol–water partition coefficient (Wildman–Crippen LogP) is 2.77. The Morgan fingerprint density at radius 1 is 1.15 bits per heavy atom. The van der Waals surface area contributed by atoms with Crippen LogP contribution in [0, 0.1) is 0 Å². The molecule has 11 heteroatoms. The summed E-state index contributed by atoms with van der Waals surface area (Å²) in [6.45, 7) is 1.72. The average molecular weight is 507 g/mol. The lowest BCUT2D eigenvalue weighted by atomic mass is 10.2. The number of anilines is 1. The summed E-state index contributed by atoms with van der Waals surface area (Å²) in [5.41, 5.74) is 0.259. The summed E-state index contributed by atoms with van der Waals surface area (Å²) < 4.78 is 38.8. The van der Waals surface area contributed by atoms with Gasteiger partial charge in [0, 0.05) is 25.1 Å². The zero-order valence-corrected chi connectivity index (χ0v) is 19.9. The average Bonchev–Trinajstić information content (AvgIpc) is 3.40. The number of nitrogens with zero attached hydrogens (tertiary/aromatic N) is 2. The van der Waals surface area contributed by atoms with E-state index < -0.39 is 33.8 Å². The molecule has 2 saturated heterocycles. The van der Waals surface area contributed by atoms with Crippen molar-refractivity contribution >= 4 is 45.1 Å². The number of ether oxygens (including phenoxy) is 2. The lowest BCUT2D eigenvalue weighted by molar-refractivity contribution is -0.132. The van der Waals surface area contributed by atoms with E-state index in [1.165, 1.54) is 55.5 Å². The molecule has 2 aliphatic heterocycles. The summed E-state index contributed by atoms with van der Waals surface area (Å²) in [6, 6.07) is 10.3. The molecule has 0 bridgehead atoms. The van der Waals surface area contributed by atoms with Gasteiger partial charge >= 0.3 is 5.97 Å². The number of amides is 2. The molecule has 0 N–H and O–H groups in total. The van der Waals surface area contributed by atoms with Crippen molar-refractivity contribution in [1.82, 2.24) is 4.31 Å². The van der Waals surface area contributed by atoms with E-state index in [1.807, 2.05) is 0 Å². The number of sulfonamides is 1. The van der Waals surface area contributed by atoms with E-state index in [9.17, 15) is 22.8 Å². The van der Waals surface area contributed by atoms with Gasteiger partial charge in [0.2, 0.25) is 15.9 Å². The number of imide groups is 1. The normalized spacial score (nSPS) is 20.9. The van der Waals surface area contributed by atoms with Crippen LogP contribution in [0.25, 0.3) is 0 Å². The molecule has 0 saturated carbocycles. The Morgan fingerprint density at radius 2 is 1.82 bits per heavy atom. The Hall–Kier alpha value is -2.79. The molecule has 2 amide bonds. The molecule has 0 aromatic heterocycles. The fourth-order valence-corrected chi connectivity index (χ4v) is 5.80. The summed E-state index contributed by atoms with van der Waals surface area (Å²) in [6.07, 6.45) is 0.770. The first-order chi connectivity index (χ1) is 16.2. The van der Waals surface area contributed by atoms with Gasteiger partial charge in [0.15, 0.2) is 0 Å². The molecule has 0 radical (unpaired) electrons. The highest BCUT2D eigenvalue weighted by Crippen LogP contribution is 2.31. The maximum Gasteiger partial charge on any atom is 0.308 e. The third-order valence-electron chi connectivity index (χ3n) is 5.65. The molecular formula is C23H23ClN2O7S. The van der Waals surface area contributed by atoms with E-state index in [4.69, 9.17) is 21.1 Å². The van der Waals surface area contributed by atoms with Gasteiger partial charge in [-0.25, -0.2) is 13.3 Å². The summed E-state index contributed by atoms with van der Waals surface area (Å²) in [4.78, 5) is 38.3. The minimum atomic E-state index is -4.13. The van der Waals surface area contributed by atoms with Gasteiger partial charge in [-0.05, 0) is 61.4 Å². The van der Waals surface area contributed by atoms with Crippen LogP contribution in [0.4, 0.5) is 5.69 Å². The minimum absolute atomic E-state index is 0.0284. The number of benzene rings is 2. The van der Waals surface area contributed by atoms with Crippen LogP contribution >= 0.6 is 11.6 Å². The van der Waals surface area contributed by atoms with Crippen molar-refractivity contribution in [2.45, 2.75) is 43.2 Å². The maximum absolute atomic E-state index is 13.6. The van der Waals surface area contributed by atoms with E-state index in [2.05, 4.69) is 0 Å². The number of hydrogen-bond acceptors (Lipinski definition) is 7. The van der Waals surface area contributed by atoms with Crippen LogP contribution in [0.2, 0.25) is 5.02 Å². The summed E-state index contributed by atoms with van der Waals surface area (Å²) in [7, 11) is -4.13. The SMILES string of the molecule is CC(=O)Oc1ccc(N2C(=O)CC(N(CC3CCCO3)S(=O)(=O)c3ccc(Cl)cc3)C2=O)cc1. The van der Waals surface area contributed by atoms with Crippen LogP contribution < -0.4 is 9.64 Å². The smallest absolute Gasteiger partial charge is 0.308 e. The highest BCUT2D eigenvalue weighted by atomic mass is 35.5. The summed E-state index contributed by atoms with van der Waals surface area (Å²) in [5.74, 6) is -1.42. The van der Waals surface area contributed by atoms with E-state index in [0.717, 1.165) is 15.6 Å². The Bertz CT molecular complexity index is 1190. The Labute approximate surface area is 202 Å². The minimum Gasteiger partial charge on any atom is -0.427 e. The zero-order chi connectivity index (χ0) is 24.5. The first-order valence-corrected chi connectivity index (χ1v) is 12.5. The van der Waals surface area contributed by atoms with Gasteiger partial charge in [-0.3, -0.25) is 14.4 Å². The molecule has 34 heavy (non-hydrogen) atoms. The molecule has 2 atom stereocenters. The van der Waals surface area contributed by atoms with Gasteiger partial charge in [0.25, 0.3) is 5.91 Å². The molecule has 2 fully saturated rings. The second-order valence-corrected chi connectivity index (χ2v) is 10.4. The van der Waals surface area contributed by atoms with E-state index >= 15 is 0 Å². The number of hydrogen-bond donors (Lipinski definition) is 0. The second-order valence-electron chi connectivity index (χ2n) is 8.04. The number of halogens is 1. The molecule has 9 nitrogen and oxygen atoms in total. The third-order valence-corrected chi connectivity index (χ3v) is 7.80. The molecule has 2 unspecified atom stereocenters. The lowest BCUT2D eigenvalue weighted by Gasteiger charge is -2.29. The van der Waals surface area contributed by atoms with Crippen LogP contribution in [0.15, 0.2) is 53.4 Å². The Balaban J connectivity index is 1.65. The monoisotopic (exact) mass is 506 g/mol. The first-order valence-electron chi connectivity index (χ1n) is 10.7. The van der Waals surface area contributed by atoms with E-state index in [-0.39, 0.29) is 35.4 Å². The van der Waals surface area contributed by atoms with Crippen molar-refractivity contribution in [1.29, 1.82) is 0 Å². The molecule has 2 aromatic rings. The first kappa shape index (κ1) is 24.3. The fraction of sp³-hybridized carbons (Fsp3) is 0.348. The summed E-state index contributed by atoms with van der Waals surface area (Å²) >= 11 is 5.91. The van der Waals surface area contributed by atoms with Crippen molar-refractivity contribution < 1.29 is 32.3 Å². The van der Waals surface area contributed by atoms with Gasteiger partial charge in [0.05, 0.1) is 23.1 Å². The number of rotatable bonds is 7. The van der Waals surface area contributed by atoms with Crippen LogP contribution in [0.1, 0.15) is 26.2 Å². The Kier molecular flexibility index (Phi) is 7.04. The molecular weight excluding hydrogens is 484 g/mol. The standard InChI is InChI=1S/C23H23ClN2O7S/c1-15(27)33-18-8-6-17(7-9-18)26-22(28)13-21(23(26)29)25(14-19-3-2-12-32-19)34(30,31)20-10-4-16(24)5-11-20/h4-11,19,21H,2-3,12-14H2,1H3. The highest BCUT2D eigenvalue weighted by molar-refractivity contribution is 7.89. The number of carbonyl (C=O) groups is 3. The van der Waals surface area contributed by atoms with Gasteiger partial charge in [-0.2, -0.15) is 4.31 Å². The summed E-state index contributed by atoms with van der Waals surface area (Å²) in [5, 5.41) is 0.375. The van der Waals surface area contributed by atoms with Crippen LogP contribution in [0.5, 0.6) is 5.75 Å². The molecule has 2 heterocycles. The topological polar surface area (TPSA) is 110 Å². The maximum atomic E-state index is 13.6. The molecule has 180 valence electrons. The zero-order valence-electron chi connectivity index (χ0n) is 18.3. The van der Waals surface area contributed by atoms with Gasteiger partial charge in [-0.15, -0.1) is 0 Å². The fourth-order valence-electron chi connectivity index (χ4n) is 4.07. The van der Waals surface area contributed by atoms with Crippen LogP contribution in [-0.4, -0.2) is 55.8 Å². The highest BCUT2D eigenvalue weighted by Gasteiger charge is 2.47. The van der Waals surface area contributed by atoms with Gasteiger partial charge < -0.3 is 9.47 Å². The van der Waals surface area contributed by atoms with E-state index in [0.29, 0.717) is 18.1 Å². The van der Waals surface area contributed by atoms with Crippen molar-refractivity contribution in [3.8, 4) is 5.75 Å². The predicted molar refractivity (Wildman–Crippen MR) is 123 cm³/mol. The molecule has 0 aliphatic carbocycles. The molecule has 4 rings (SSSR count). The van der Waals surface area contributed by atoms with Crippen molar-refractivity contribution in [2.75, 3.05) is 18.1 Å². The Morgan fingerprint density at radius 3 is 2.41 bits per heavy atom. The number of esters is 1. The molecule has 2 aromatic carbocycles. The van der Waals surface area contributed by atoms with Crippen molar-refractivity contribution in [3.05, 3.63) is 53.6 Å². The quantitative estimate of drug-likeness (QED) is 0.322. The van der Waals surface area contributed by atoms with Crippen molar-refractivity contribution in [3.63, 3.8) is 0 Å². The third kappa shape index (κ3) is 5.00. The van der Waals surface area contributed by atoms with Crippen LogP contribution in [-0.2, 0) is 29.1 Å². The van der Waals surface area contributed by atoms with Crippen molar-refractivity contribution in [2.24, 2.45) is 0 Å². The van der Waals surface area contributed by atoms with Gasteiger partial charge in [0.1, 0.15) is 11.8 Å². The molecule has 2 aliphatic rings. The molecule has 0 spiro atoms. The van der Waals surface area contributed by atoms with Crippen LogP contribution in [0.3, 0.4) is 0 Å². The lowest BCUT2D eigenvalue weighted by Crippen LogP contribution is -2.48. The van der Waals surface area contributed by atoms with Gasteiger partial charge in [-0.1, -0.05) is 11.6 Å². The van der Waals surface area contributed by atoms with E-state index in [1.54, 1.807) is 0 Å². The largest absolute Gasteiger partial charge is 0.427 e. The number of carbonyl (C=O) groups excluding carboxylic acids is 3.